The van der Waals surface area contributed by atoms with Gasteiger partial charge in [0.1, 0.15) is 5.82 Å². The van der Waals surface area contributed by atoms with E-state index in [1.54, 1.807) is 15.6 Å². The minimum Gasteiger partial charge on any atom is -0.344 e. The maximum atomic E-state index is 13.2. The normalized spacial score (nSPS) is 21.4. The Kier molecular flexibility index (Phi) is 2.47. The molecule has 4 rings (SSSR count). The molecule has 0 bridgehead atoms. The van der Waals surface area contributed by atoms with E-state index in [2.05, 4.69) is 15.4 Å². The van der Waals surface area contributed by atoms with E-state index in [0.717, 1.165) is 48.7 Å². The van der Waals surface area contributed by atoms with Crippen molar-refractivity contribution in [1.29, 1.82) is 0 Å². The Labute approximate surface area is 114 Å². The molecule has 2 aliphatic heterocycles. The van der Waals surface area contributed by atoms with E-state index in [1.807, 2.05) is 6.07 Å². The lowest BCUT2D eigenvalue weighted by Crippen LogP contribution is -2.57. The summed E-state index contributed by atoms with van der Waals surface area (Å²) in [6, 6.07) is 1.82. The van der Waals surface area contributed by atoms with Crippen LogP contribution in [-0.4, -0.2) is 46.7 Å². The van der Waals surface area contributed by atoms with Crippen molar-refractivity contribution < 1.29 is 8.78 Å². The van der Waals surface area contributed by atoms with Crippen molar-refractivity contribution in [3.8, 4) is 0 Å². The quantitative estimate of drug-likeness (QED) is 0.841. The Bertz CT molecular complexity index is 658. The predicted molar refractivity (Wildman–Crippen MR) is 70.4 cm³/mol. The fourth-order valence-electron chi connectivity index (χ4n) is 3.00. The number of hydrogen-bond donors (Lipinski definition) is 1. The predicted octanol–water partition coefficient (Wildman–Crippen LogP) is 0.873. The standard InChI is InChI=1S/C13H15F2N5/c14-13(15)7-19(8-13)12-9-1-4-16-5-2-10(9)18-11-3-6-17-20(11)12/h3,6,16H,1-2,4-5,7-8H2. The lowest BCUT2D eigenvalue weighted by Gasteiger charge is -2.41. The zero-order valence-corrected chi connectivity index (χ0v) is 10.9. The third-order valence-electron chi connectivity index (χ3n) is 3.93. The van der Waals surface area contributed by atoms with Gasteiger partial charge in [-0.3, -0.25) is 0 Å². The molecule has 7 heteroatoms. The molecule has 0 atom stereocenters. The molecular formula is C13H15F2N5. The van der Waals surface area contributed by atoms with E-state index >= 15 is 0 Å². The Hall–Kier alpha value is -1.76. The van der Waals surface area contributed by atoms with Crippen LogP contribution in [0.4, 0.5) is 14.6 Å². The van der Waals surface area contributed by atoms with Crippen LogP contribution in [0.3, 0.4) is 0 Å². The summed E-state index contributed by atoms with van der Waals surface area (Å²) in [6.07, 6.45) is 3.30. The number of aromatic nitrogens is 3. The molecule has 20 heavy (non-hydrogen) atoms. The van der Waals surface area contributed by atoms with Crippen LogP contribution in [0.15, 0.2) is 12.3 Å². The molecule has 1 fully saturated rings. The van der Waals surface area contributed by atoms with Crippen molar-refractivity contribution in [2.75, 3.05) is 31.1 Å². The van der Waals surface area contributed by atoms with Gasteiger partial charge in [0.15, 0.2) is 5.65 Å². The molecule has 0 spiro atoms. The molecule has 1 saturated heterocycles. The van der Waals surface area contributed by atoms with Gasteiger partial charge in [0, 0.05) is 24.6 Å². The molecular weight excluding hydrogens is 264 g/mol. The first-order valence-corrected chi connectivity index (χ1v) is 6.83. The topological polar surface area (TPSA) is 45.5 Å². The van der Waals surface area contributed by atoms with E-state index < -0.39 is 5.92 Å². The van der Waals surface area contributed by atoms with Gasteiger partial charge in [0.25, 0.3) is 5.92 Å². The van der Waals surface area contributed by atoms with Gasteiger partial charge in [-0.1, -0.05) is 0 Å². The Morgan fingerprint density at radius 3 is 2.80 bits per heavy atom. The number of anilines is 1. The van der Waals surface area contributed by atoms with E-state index in [-0.39, 0.29) is 13.1 Å². The van der Waals surface area contributed by atoms with Crippen LogP contribution in [0.2, 0.25) is 0 Å². The monoisotopic (exact) mass is 279 g/mol. The van der Waals surface area contributed by atoms with Crippen molar-refractivity contribution >= 4 is 11.5 Å². The van der Waals surface area contributed by atoms with Crippen LogP contribution >= 0.6 is 0 Å². The van der Waals surface area contributed by atoms with E-state index in [4.69, 9.17) is 0 Å². The average Bonchev–Trinajstić information content (AvgIpc) is 2.70. The van der Waals surface area contributed by atoms with Gasteiger partial charge in [-0.15, -0.1) is 0 Å². The molecule has 0 radical (unpaired) electrons. The Morgan fingerprint density at radius 2 is 2.00 bits per heavy atom. The highest BCUT2D eigenvalue weighted by Gasteiger charge is 2.45. The van der Waals surface area contributed by atoms with E-state index in [0.29, 0.717) is 0 Å². The molecule has 1 N–H and O–H groups in total. The summed E-state index contributed by atoms with van der Waals surface area (Å²) in [5.74, 6) is -1.79. The van der Waals surface area contributed by atoms with Gasteiger partial charge < -0.3 is 10.2 Å². The molecule has 2 aromatic rings. The van der Waals surface area contributed by atoms with Gasteiger partial charge in [-0.2, -0.15) is 9.61 Å². The van der Waals surface area contributed by atoms with Crippen LogP contribution in [0.1, 0.15) is 11.3 Å². The van der Waals surface area contributed by atoms with Gasteiger partial charge in [0.2, 0.25) is 0 Å². The molecule has 0 aliphatic carbocycles. The van der Waals surface area contributed by atoms with Gasteiger partial charge in [0.05, 0.1) is 25.0 Å². The SMILES string of the molecule is FC1(F)CN(c2c3c(nc4ccnn24)CCNCC3)C1. The first-order valence-electron chi connectivity index (χ1n) is 6.83. The minimum atomic E-state index is -2.58. The van der Waals surface area contributed by atoms with Gasteiger partial charge in [-0.05, 0) is 13.0 Å². The van der Waals surface area contributed by atoms with Crippen LogP contribution < -0.4 is 10.2 Å². The van der Waals surface area contributed by atoms with Crippen LogP contribution in [0.25, 0.3) is 5.65 Å². The minimum absolute atomic E-state index is 0.230. The highest BCUT2D eigenvalue weighted by molar-refractivity contribution is 5.59. The van der Waals surface area contributed by atoms with Gasteiger partial charge in [-0.25, -0.2) is 13.8 Å². The highest BCUT2D eigenvalue weighted by Crippen LogP contribution is 2.35. The second-order valence-corrected chi connectivity index (χ2v) is 5.42. The molecule has 2 aliphatic rings. The molecule has 0 unspecified atom stereocenters. The summed E-state index contributed by atoms with van der Waals surface area (Å²) in [5, 5.41) is 7.58. The number of alkyl halides is 2. The average molecular weight is 279 g/mol. The van der Waals surface area contributed by atoms with Crippen molar-refractivity contribution in [2.24, 2.45) is 0 Å². The third-order valence-corrected chi connectivity index (χ3v) is 3.93. The number of rotatable bonds is 1. The molecule has 0 saturated carbocycles. The number of nitrogens with one attached hydrogen (secondary N) is 1. The van der Waals surface area contributed by atoms with Gasteiger partial charge >= 0.3 is 0 Å². The lowest BCUT2D eigenvalue weighted by molar-refractivity contribution is -0.0270. The van der Waals surface area contributed by atoms with Crippen molar-refractivity contribution in [1.82, 2.24) is 19.9 Å². The summed E-state index contributed by atoms with van der Waals surface area (Å²) in [5.41, 5.74) is 2.80. The van der Waals surface area contributed by atoms with Crippen molar-refractivity contribution in [2.45, 2.75) is 18.8 Å². The molecule has 0 amide bonds. The molecule has 4 heterocycles. The maximum absolute atomic E-state index is 13.2. The lowest BCUT2D eigenvalue weighted by atomic mass is 10.1. The first-order chi connectivity index (χ1) is 9.64. The summed E-state index contributed by atoms with van der Waals surface area (Å²) in [4.78, 5) is 6.33. The van der Waals surface area contributed by atoms with Crippen molar-refractivity contribution in [3.05, 3.63) is 23.5 Å². The Balaban J connectivity index is 1.88. The third kappa shape index (κ3) is 1.76. The Morgan fingerprint density at radius 1 is 1.20 bits per heavy atom. The first kappa shape index (κ1) is 12.0. The summed E-state index contributed by atoms with van der Waals surface area (Å²) in [7, 11) is 0. The number of halogens is 2. The van der Waals surface area contributed by atoms with Crippen LogP contribution in [0.5, 0.6) is 0 Å². The van der Waals surface area contributed by atoms with E-state index in [9.17, 15) is 8.78 Å². The van der Waals surface area contributed by atoms with Crippen LogP contribution in [-0.2, 0) is 12.8 Å². The summed E-state index contributed by atoms with van der Waals surface area (Å²) in [6.45, 7) is 1.26. The highest BCUT2D eigenvalue weighted by atomic mass is 19.3. The zero-order valence-electron chi connectivity index (χ0n) is 10.9. The zero-order chi connectivity index (χ0) is 13.7. The molecule has 2 aromatic heterocycles. The molecule has 106 valence electrons. The number of fused-ring (bicyclic) bond motifs is 2. The molecule has 5 nitrogen and oxygen atoms in total. The number of nitrogens with zero attached hydrogens (tertiary/aromatic N) is 4. The van der Waals surface area contributed by atoms with E-state index in [1.165, 1.54) is 0 Å². The smallest absolute Gasteiger partial charge is 0.282 e. The van der Waals surface area contributed by atoms with Crippen LogP contribution in [0, 0.1) is 0 Å². The summed E-state index contributed by atoms with van der Waals surface area (Å²) >= 11 is 0. The molecule has 0 aromatic carbocycles. The summed E-state index contributed by atoms with van der Waals surface area (Å²) < 4.78 is 28.1. The largest absolute Gasteiger partial charge is 0.344 e. The fraction of sp³-hybridized carbons (Fsp3) is 0.538. The fourth-order valence-corrected chi connectivity index (χ4v) is 3.00. The van der Waals surface area contributed by atoms with Crippen molar-refractivity contribution in [3.63, 3.8) is 0 Å². The second kappa shape index (κ2) is 4.12. The second-order valence-electron chi connectivity index (χ2n) is 5.42. The maximum Gasteiger partial charge on any atom is 0.282 e. The number of hydrogen-bond acceptors (Lipinski definition) is 4.